The van der Waals surface area contributed by atoms with Crippen LogP contribution in [0.3, 0.4) is 0 Å². The minimum Gasteiger partial charge on any atom is -0.326 e. The van der Waals surface area contributed by atoms with Crippen molar-refractivity contribution in [1.29, 1.82) is 0 Å². The van der Waals surface area contributed by atoms with Gasteiger partial charge in [-0.1, -0.05) is 12.1 Å². The van der Waals surface area contributed by atoms with Crippen LogP contribution < -0.4 is 0 Å². The average molecular weight is 204 g/mol. The molecule has 0 bridgehead atoms. The number of aryl methyl sites for hydroxylation is 1. The van der Waals surface area contributed by atoms with E-state index in [1.807, 2.05) is 11.8 Å². The van der Waals surface area contributed by atoms with Gasteiger partial charge in [-0.3, -0.25) is 0 Å². The van der Waals surface area contributed by atoms with Crippen molar-refractivity contribution in [3.8, 4) is 0 Å². The Morgan fingerprint density at radius 3 is 3.21 bits per heavy atom. The number of para-hydroxylation sites is 2. The van der Waals surface area contributed by atoms with Gasteiger partial charge in [-0.2, -0.15) is 0 Å². The van der Waals surface area contributed by atoms with Gasteiger partial charge >= 0.3 is 0 Å². The van der Waals surface area contributed by atoms with Gasteiger partial charge in [0.15, 0.2) is 0 Å². The molecule has 0 amide bonds. The van der Waals surface area contributed by atoms with Crippen molar-refractivity contribution in [2.75, 3.05) is 5.75 Å². The lowest BCUT2D eigenvalue weighted by Crippen LogP contribution is -2.13. The Morgan fingerprint density at radius 1 is 1.43 bits per heavy atom. The highest BCUT2D eigenvalue weighted by atomic mass is 32.2. The molecule has 1 aliphatic heterocycles. The van der Waals surface area contributed by atoms with E-state index in [0.717, 1.165) is 12.1 Å². The maximum Gasteiger partial charge on any atom is 0.122 e. The van der Waals surface area contributed by atoms with Gasteiger partial charge in [0.05, 0.1) is 16.3 Å². The minimum atomic E-state index is 0.538. The Balaban J connectivity index is 2.32. The number of nitrogens with zero attached hydrogens (tertiary/aromatic N) is 2. The maximum absolute atomic E-state index is 4.68. The van der Waals surface area contributed by atoms with Crippen LogP contribution in [0.15, 0.2) is 24.3 Å². The smallest absolute Gasteiger partial charge is 0.122 e. The summed E-state index contributed by atoms with van der Waals surface area (Å²) < 4.78 is 2.36. The summed E-state index contributed by atoms with van der Waals surface area (Å²) in [7, 11) is 0. The van der Waals surface area contributed by atoms with E-state index in [1.165, 1.54) is 17.1 Å². The monoisotopic (exact) mass is 204 g/mol. The van der Waals surface area contributed by atoms with Crippen LogP contribution in [0.25, 0.3) is 11.0 Å². The lowest BCUT2D eigenvalue weighted by Gasteiger charge is -2.19. The van der Waals surface area contributed by atoms with Gasteiger partial charge in [0, 0.05) is 12.3 Å². The summed E-state index contributed by atoms with van der Waals surface area (Å²) in [5.41, 5.74) is 2.42. The number of aromatic nitrogens is 2. The molecule has 0 radical (unpaired) electrons. The molecule has 3 rings (SSSR count). The molecule has 2 heterocycles. The van der Waals surface area contributed by atoms with Crippen molar-refractivity contribution in [2.45, 2.75) is 18.7 Å². The van der Waals surface area contributed by atoms with Crippen LogP contribution in [0.2, 0.25) is 0 Å². The fraction of sp³-hybridized carbons (Fsp3) is 0.364. The molecular formula is C11H12N2S. The molecule has 1 atom stereocenters. The Bertz CT molecular complexity index is 475. The number of fused-ring (bicyclic) bond motifs is 3. The number of hydrogen-bond donors (Lipinski definition) is 0. The van der Waals surface area contributed by atoms with E-state index in [1.54, 1.807) is 0 Å². The summed E-state index contributed by atoms with van der Waals surface area (Å²) in [6.07, 6.45) is 0. The largest absolute Gasteiger partial charge is 0.326 e. The first kappa shape index (κ1) is 8.36. The Hall–Kier alpha value is -0.960. The summed E-state index contributed by atoms with van der Waals surface area (Å²) in [6.45, 7) is 3.34. The minimum absolute atomic E-state index is 0.538. The van der Waals surface area contributed by atoms with Crippen LogP contribution in [-0.2, 0) is 6.54 Å². The summed E-state index contributed by atoms with van der Waals surface area (Å²) in [6, 6.07) is 8.40. The third-order valence-corrected chi connectivity index (χ3v) is 3.86. The van der Waals surface area contributed by atoms with Gasteiger partial charge in [0.2, 0.25) is 0 Å². The van der Waals surface area contributed by atoms with Crippen molar-refractivity contribution in [3.63, 3.8) is 0 Å². The molecule has 0 unspecified atom stereocenters. The normalized spacial score (nSPS) is 21.1. The van der Waals surface area contributed by atoms with Crippen LogP contribution in [0.4, 0.5) is 0 Å². The van der Waals surface area contributed by atoms with Gasteiger partial charge in [0.25, 0.3) is 0 Å². The van der Waals surface area contributed by atoms with E-state index >= 15 is 0 Å². The van der Waals surface area contributed by atoms with Gasteiger partial charge in [-0.25, -0.2) is 4.98 Å². The van der Waals surface area contributed by atoms with E-state index in [4.69, 9.17) is 0 Å². The zero-order chi connectivity index (χ0) is 9.54. The van der Waals surface area contributed by atoms with E-state index in [2.05, 4.69) is 40.7 Å². The van der Waals surface area contributed by atoms with Crippen molar-refractivity contribution in [3.05, 3.63) is 30.1 Å². The fourth-order valence-corrected chi connectivity index (χ4v) is 3.01. The molecule has 14 heavy (non-hydrogen) atoms. The molecule has 0 aliphatic carbocycles. The number of thioether (sulfide) groups is 1. The Kier molecular flexibility index (Phi) is 1.80. The Labute approximate surface area is 87.3 Å². The first-order valence-corrected chi connectivity index (χ1v) is 5.98. The molecule has 2 nitrogen and oxygen atoms in total. The second-order valence-corrected chi connectivity index (χ2v) is 5.07. The van der Waals surface area contributed by atoms with Crippen LogP contribution in [-0.4, -0.2) is 15.3 Å². The molecule has 72 valence electrons. The summed E-state index contributed by atoms with van der Waals surface area (Å²) in [4.78, 5) is 4.68. The van der Waals surface area contributed by atoms with Gasteiger partial charge in [0.1, 0.15) is 5.82 Å². The molecule has 0 saturated heterocycles. The predicted octanol–water partition coefficient (Wildman–Crippen LogP) is 2.84. The highest BCUT2D eigenvalue weighted by molar-refractivity contribution is 7.99. The molecule has 0 N–H and O–H groups in total. The number of rotatable bonds is 0. The van der Waals surface area contributed by atoms with E-state index in [0.29, 0.717) is 5.25 Å². The molecule has 1 aromatic heterocycles. The second-order valence-electron chi connectivity index (χ2n) is 3.62. The summed E-state index contributed by atoms with van der Waals surface area (Å²) in [5, 5.41) is 0.538. The van der Waals surface area contributed by atoms with E-state index < -0.39 is 0 Å². The molecule has 3 heteroatoms. The van der Waals surface area contributed by atoms with E-state index in [-0.39, 0.29) is 0 Å². The molecule has 1 aliphatic rings. The lowest BCUT2D eigenvalue weighted by atomic mass is 10.3. The van der Waals surface area contributed by atoms with E-state index in [9.17, 15) is 0 Å². The first-order chi connectivity index (χ1) is 6.86. The first-order valence-electron chi connectivity index (χ1n) is 4.93. The molecular weight excluding hydrogens is 192 g/mol. The fourth-order valence-electron chi connectivity index (χ4n) is 2.03. The maximum atomic E-state index is 4.68. The SMILES string of the molecule is C[C@@H]1SCCn2c1nc1ccccc12. The van der Waals surface area contributed by atoms with Gasteiger partial charge in [-0.15, -0.1) is 11.8 Å². The van der Waals surface area contributed by atoms with Crippen LogP contribution in [0.1, 0.15) is 18.0 Å². The summed E-state index contributed by atoms with van der Waals surface area (Å²) in [5.74, 6) is 2.44. The molecule has 0 spiro atoms. The van der Waals surface area contributed by atoms with Crippen molar-refractivity contribution in [1.82, 2.24) is 9.55 Å². The average Bonchev–Trinajstić information content (AvgIpc) is 2.59. The van der Waals surface area contributed by atoms with Crippen LogP contribution in [0.5, 0.6) is 0 Å². The van der Waals surface area contributed by atoms with Gasteiger partial charge in [-0.05, 0) is 19.1 Å². The highest BCUT2D eigenvalue weighted by Crippen LogP contribution is 2.34. The zero-order valence-corrected chi connectivity index (χ0v) is 8.92. The number of hydrogen-bond acceptors (Lipinski definition) is 2. The van der Waals surface area contributed by atoms with Gasteiger partial charge < -0.3 is 4.57 Å². The highest BCUT2D eigenvalue weighted by Gasteiger charge is 2.20. The lowest BCUT2D eigenvalue weighted by molar-refractivity contribution is 0.704. The molecule has 0 fully saturated rings. The predicted molar refractivity (Wildman–Crippen MR) is 60.6 cm³/mol. The number of benzene rings is 1. The van der Waals surface area contributed by atoms with Crippen LogP contribution >= 0.6 is 11.8 Å². The molecule has 1 aromatic carbocycles. The third-order valence-electron chi connectivity index (χ3n) is 2.73. The number of imidazole rings is 1. The standard InChI is InChI=1S/C11H12N2S/c1-8-11-12-9-4-2-3-5-10(9)13(11)6-7-14-8/h2-5,8H,6-7H2,1H3/t8-/m0/s1. The molecule has 2 aromatic rings. The van der Waals surface area contributed by atoms with Crippen molar-refractivity contribution in [2.24, 2.45) is 0 Å². The van der Waals surface area contributed by atoms with Crippen molar-refractivity contribution >= 4 is 22.8 Å². The second kappa shape index (κ2) is 3.02. The molecule has 0 saturated carbocycles. The Morgan fingerprint density at radius 2 is 2.29 bits per heavy atom. The topological polar surface area (TPSA) is 17.8 Å². The summed E-state index contributed by atoms with van der Waals surface area (Å²) >= 11 is 1.99. The van der Waals surface area contributed by atoms with Crippen LogP contribution in [0, 0.1) is 0 Å². The zero-order valence-electron chi connectivity index (χ0n) is 8.10. The third kappa shape index (κ3) is 1.08. The van der Waals surface area contributed by atoms with Crippen molar-refractivity contribution < 1.29 is 0 Å². The quantitative estimate of drug-likeness (QED) is 0.656.